The molecule has 0 saturated carbocycles. The molecule has 12 heteroatoms. The fourth-order valence-electron chi connectivity index (χ4n) is 4.46. The third-order valence-corrected chi connectivity index (χ3v) is 8.58. The Bertz CT molecular complexity index is 1190. The Morgan fingerprint density at radius 2 is 2.36 bits per heavy atom. The monoisotopic (exact) mass is 487 g/mol. The van der Waals surface area contributed by atoms with E-state index in [2.05, 4.69) is 44.7 Å². The molecule has 0 spiro atoms. The van der Waals surface area contributed by atoms with Crippen molar-refractivity contribution >= 4 is 35.0 Å². The van der Waals surface area contributed by atoms with Crippen LogP contribution in [0.1, 0.15) is 48.2 Å². The minimum Gasteiger partial charge on any atom is -0.467 e. The fraction of sp³-hybridized carbons (Fsp3) is 0.476. The molecule has 3 N–H and O–H groups in total. The number of amides is 1. The number of anilines is 1. The number of hydrazine groups is 1. The van der Waals surface area contributed by atoms with Gasteiger partial charge in [0, 0.05) is 16.9 Å². The van der Waals surface area contributed by atoms with Gasteiger partial charge in [0.1, 0.15) is 16.9 Å². The summed E-state index contributed by atoms with van der Waals surface area (Å²) >= 11 is 3.12. The number of aromatic nitrogens is 3. The van der Waals surface area contributed by atoms with Gasteiger partial charge in [-0.3, -0.25) is 15.1 Å². The van der Waals surface area contributed by atoms with Crippen LogP contribution in [-0.4, -0.2) is 38.7 Å². The summed E-state index contributed by atoms with van der Waals surface area (Å²) in [4.78, 5) is 13.7. The normalized spacial score (nSPS) is 23.1. The standard InChI is InChI=1S/C21H25N7O3S2/c1-3-21(2)7-13-14(9-31-21)33-18-16(13)17-23-11-24-28(17)19-25-26-20(27(18)19)32-10-15(29)22-8-12-5-4-6-30-12/h4-6,17,23-24H,3,7-11H2,1-2H3,(H,22,29)/t17?,21-/m0/s1. The van der Waals surface area contributed by atoms with Crippen molar-refractivity contribution in [3.63, 3.8) is 0 Å². The summed E-state index contributed by atoms with van der Waals surface area (Å²) in [6, 6.07) is 3.64. The Morgan fingerprint density at radius 3 is 3.18 bits per heavy atom. The van der Waals surface area contributed by atoms with Gasteiger partial charge in [-0.1, -0.05) is 18.7 Å². The molecule has 3 aromatic heterocycles. The molecule has 0 bridgehead atoms. The van der Waals surface area contributed by atoms with Crippen molar-refractivity contribution in [2.45, 2.75) is 56.8 Å². The highest BCUT2D eigenvalue weighted by molar-refractivity contribution is 7.99. The lowest BCUT2D eigenvalue weighted by atomic mass is 9.88. The van der Waals surface area contributed by atoms with Crippen LogP contribution in [0.25, 0.3) is 5.00 Å². The molecule has 0 radical (unpaired) electrons. The number of thiophene rings is 1. The highest BCUT2D eigenvalue weighted by Crippen LogP contribution is 2.48. The van der Waals surface area contributed by atoms with Crippen LogP contribution in [0.5, 0.6) is 0 Å². The second-order valence-electron chi connectivity index (χ2n) is 8.57. The maximum absolute atomic E-state index is 12.4. The maximum Gasteiger partial charge on any atom is 0.249 e. The third kappa shape index (κ3) is 3.56. The molecule has 2 atom stereocenters. The molecule has 3 aliphatic heterocycles. The molecule has 3 aromatic rings. The summed E-state index contributed by atoms with van der Waals surface area (Å²) in [5, 5.41) is 19.2. The second kappa shape index (κ2) is 8.13. The van der Waals surface area contributed by atoms with Crippen molar-refractivity contribution in [1.82, 2.24) is 30.8 Å². The van der Waals surface area contributed by atoms with E-state index in [-0.39, 0.29) is 23.4 Å². The van der Waals surface area contributed by atoms with E-state index in [4.69, 9.17) is 9.15 Å². The molecule has 6 heterocycles. The van der Waals surface area contributed by atoms with Crippen LogP contribution in [0.4, 0.5) is 5.95 Å². The van der Waals surface area contributed by atoms with Crippen LogP contribution in [0.15, 0.2) is 28.0 Å². The van der Waals surface area contributed by atoms with Crippen molar-refractivity contribution in [1.29, 1.82) is 0 Å². The molecule has 174 valence electrons. The van der Waals surface area contributed by atoms with Gasteiger partial charge in [-0.25, -0.2) is 9.99 Å². The Kier molecular flexibility index (Phi) is 5.22. The zero-order valence-corrected chi connectivity index (χ0v) is 20.0. The first kappa shape index (κ1) is 21.2. The highest BCUT2D eigenvalue weighted by atomic mass is 32.2. The number of thioether (sulfide) groups is 1. The summed E-state index contributed by atoms with van der Waals surface area (Å²) in [6.45, 7) is 6.00. The van der Waals surface area contributed by atoms with Crippen molar-refractivity contribution in [3.05, 3.63) is 40.2 Å². The van der Waals surface area contributed by atoms with E-state index in [9.17, 15) is 4.79 Å². The Balaban J connectivity index is 1.29. The van der Waals surface area contributed by atoms with E-state index in [1.165, 1.54) is 27.8 Å². The number of carbonyl (C=O) groups excluding carboxylic acids is 1. The number of ether oxygens (including phenoxy) is 1. The molecule has 33 heavy (non-hydrogen) atoms. The molecule has 0 aromatic carbocycles. The van der Waals surface area contributed by atoms with Gasteiger partial charge in [0.15, 0.2) is 5.16 Å². The van der Waals surface area contributed by atoms with Crippen molar-refractivity contribution < 1.29 is 13.9 Å². The number of fused-ring (bicyclic) bond motifs is 8. The average molecular weight is 488 g/mol. The number of rotatable bonds is 6. The maximum atomic E-state index is 12.4. The van der Waals surface area contributed by atoms with E-state index in [1.54, 1.807) is 23.7 Å². The van der Waals surface area contributed by atoms with Crippen molar-refractivity contribution in [2.75, 3.05) is 17.4 Å². The Morgan fingerprint density at radius 1 is 1.45 bits per heavy atom. The minimum atomic E-state index is -0.157. The molecule has 3 aliphatic rings. The summed E-state index contributed by atoms with van der Waals surface area (Å²) in [7, 11) is 0. The number of nitrogens with zero attached hydrogens (tertiary/aromatic N) is 4. The molecular formula is C21H25N7O3S2. The molecule has 10 nitrogen and oxygen atoms in total. The number of hydrogen-bond acceptors (Lipinski definition) is 10. The van der Waals surface area contributed by atoms with Gasteiger partial charge in [0.05, 0.1) is 37.4 Å². The van der Waals surface area contributed by atoms with Gasteiger partial charge < -0.3 is 14.5 Å². The Labute approximate surface area is 199 Å². The molecule has 0 aliphatic carbocycles. The summed E-state index contributed by atoms with van der Waals surface area (Å²) < 4.78 is 13.6. The van der Waals surface area contributed by atoms with Gasteiger partial charge in [0.2, 0.25) is 11.9 Å². The molecule has 6 rings (SSSR count). The first-order chi connectivity index (χ1) is 16.1. The van der Waals surface area contributed by atoms with Crippen LogP contribution in [0.3, 0.4) is 0 Å². The predicted octanol–water partition coefficient (Wildman–Crippen LogP) is 2.46. The summed E-state index contributed by atoms with van der Waals surface area (Å²) in [5.41, 5.74) is 5.84. The molecule has 1 fully saturated rings. The zero-order chi connectivity index (χ0) is 22.6. The first-order valence-electron chi connectivity index (χ1n) is 11.0. The average Bonchev–Trinajstić information content (AvgIpc) is 3.60. The van der Waals surface area contributed by atoms with E-state index in [1.807, 2.05) is 11.1 Å². The smallest absolute Gasteiger partial charge is 0.249 e. The number of nitrogens with one attached hydrogen (secondary N) is 3. The zero-order valence-electron chi connectivity index (χ0n) is 18.4. The first-order valence-corrected chi connectivity index (χ1v) is 12.8. The Hall–Kier alpha value is -2.38. The number of furan rings is 1. The van der Waals surface area contributed by atoms with Crippen molar-refractivity contribution in [2.24, 2.45) is 0 Å². The van der Waals surface area contributed by atoms with Crippen LogP contribution < -0.4 is 21.1 Å². The molecule has 1 amide bonds. The molecular weight excluding hydrogens is 462 g/mol. The van der Waals surface area contributed by atoms with Gasteiger partial charge in [0.25, 0.3) is 0 Å². The topological polar surface area (TPSA) is 109 Å². The number of hydrogen-bond donors (Lipinski definition) is 3. The lowest BCUT2D eigenvalue weighted by Gasteiger charge is -2.35. The van der Waals surface area contributed by atoms with Crippen LogP contribution in [0, 0.1) is 0 Å². The highest BCUT2D eigenvalue weighted by Gasteiger charge is 2.44. The van der Waals surface area contributed by atoms with Crippen molar-refractivity contribution in [3.8, 4) is 5.00 Å². The quantitative estimate of drug-likeness (QED) is 0.452. The molecule has 1 saturated heterocycles. The van der Waals surface area contributed by atoms with Gasteiger partial charge in [-0.2, -0.15) is 0 Å². The van der Waals surface area contributed by atoms with E-state index in [0.29, 0.717) is 25.0 Å². The van der Waals surface area contributed by atoms with Gasteiger partial charge in [-0.05, 0) is 31.0 Å². The van der Waals surface area contributed by atoms with Crippen LogP contribution in [-0.2, 0) is 29.1 Å². The largest absolute Gasteiger partial charge is 0.467 e. The van der Waals surface area contributed by atoms with Crippen LogP contribution in [0.2, 0.25) is 0 Å². The fourth-order valence-corrected chi connectivity index (χ4v) is 6.54. The predicted molar refractivity (Wildman–Crippen MR) is 124 cm³/mol. The van der Waals surface area contributed by atoms with Gasteiger partial charge in [-0.15, -0.1) is 21.5 Å². The van der Waals surface area contributed by atoms with Crippen LogP contribution >= 0.6 is 23.1 Å². The van der Waals surface area contributed by atoms with E-state index in [0.717, 1.165) is 29.6 Å². The summed E-state index contributed by atoms with van der Waals surface area (Å²) in [5.74, 6) is 1.61. The lowest BCUT2D eigenvalue weighted by molar-refractivity contribution is -0.118. The van der Waals surface area contributed by atoms with E-state index >= 15 is 0 Å². The van der Waals surface area contributed by atoms with Gasteiger partial charge >= 0.3 is 0 Å². The number of carbonyl (C=O) groups is 1. The molecule has 1 unspecified atom stereocenters. The summed E-state index contributed by atoms with van der Waals surface area (Å²) in [6.07, 6.45) is 3.44. The third-order valence-electron chi connectivity index (χ3n) is 6.45. The SMILES string of the molecule is CC[C@@]1(C)Cc2c(sc3c2C2NCNN2c2nnc(SCC(=O)NCc4ccco4)n2-3)CO1. The lowest BCUT2D eigenvalue weighted by Crippen LogP contribution is -2.40. The second-order valence-corrected chi connectivity index (χ2v) is 10.6. The van der Waals surface area contributed by atoms with E-state index < -0.39 is 0 Å². The minimum absolute atomic E-state index is 0.00495.